The topological polar surface area (TPSA) is 79.2 Å². The zero-order chi connectivity index (χ0) is 20.3. The molecule has 7 heteroatoms. The van der Waals surface area contributed by atoms with Crippen LogP contribution in [0.3, 0.4) is 0 Å². The Morgan fingerprint density at radius 3 is 1.62 bits per heavy atom. The Hall–Kier alpha value is -2.96. The minimum atomic E-state index is -0.0521. The molecular weight excluding hydrogens is 394 g/mol. The number of hydrogen-bond donors (Lipinski definition) is 2. The van der Waals surface area contributed by atoms with Crippen molar-refractivity contribution >= 4 is 30.3 Å². The lowest BCUT2D eigenvalue weighted by Gasteiger charge is -2.26. The predicted molar refractivity (Wildman–Crippen MR) is 115 cm³/mol. The summed E-state index contributed by atoms with van der Waals surface area (Å²) < 4.78 is 10.1. The van der Waals surface area contributed by atoms with Crippen LogP contribution in [-0.4, -0.2) is 55.3 Å². The summed E-state index contributed by atoms with van der Waals surface area (Å²) in [6.45, 7) is 1.02. The van der Waals surface area contributed by atoms with Crippen molar-refractivity contribution in [3.05, 3.63) is 58.7 Å². The maximum absolute atomic E-state index is 13.0. The molecule has 0 amide bonds. The summed E-state index contributed by atoms with van der Waals surface area (Å²) in [6.07, 6.45) is 3.55. The highest BCUT2D eigenvalue weighted by atomic mass is 35.5. The normalized spacial score (nSPS) is 17.3. The maximum atomic E-state index is 13.0. The van der Waals surface area contributed by atoms with E-state index >= 15 is 0 Å². The van der Waals surface area contributed by atoms with Gasteiger partial charge in [0.2, 0.25) is 0 Å². The molecule has 154 valence electrons. The third-order valence-corrected chi connectivity index (χ3v) is 4.55. The summed E-state index contributed by atoms with van der Waals surface area (Å²) in [6, 6.07) is 10.0. The van der Waals surface area contributed by atoms with Crippen LogP contribution in [0.15, 0.2) is 47.5 Å². The van der Waals surface area contributed by atoms with Gasteiger partial charge < -0.3 is 19.7 Å². The largest absolute Gasteiger partial charge is 0.504 e. The highest BCUT2D eigenvalue weighted by Gasteiger charge is 2.24. The molecule has 0 aromatic heterocycles. The number of ketones is 1. The van der Waals surface area contributed by atoms with Gasteiger partial charge in [-0.3, -0.25) is 9.69 Å². The molecule has 0 saturated carbocycles. The van der Waals surface area contributed by atoms with E-state index in [1.165, 1.54) is 14.2 Å². The first-order chi connectivity index (χ1) is 13.4. The number of aromatic hydroxyl groups is 2. The summed E-state index contributed by atoms with van der Waals surface area (Å²) in [7, 11) is 4.91. The molecule has 0 spiro atoms. The molecule has 2 aromatic rings. The van der Waals surface area contributed by atoms with Crippen molar-refractivity contribution in [2.24, 2.45) is 0 Å². The first-order valence-corrected chi connectivity index (χ1v) is 8.79. The quantitative estimate of drug-likeness (QED) is 0.741. The van der Waals surface area contributed by atoms with Crippen LogP contribution in [-0.2, 0) is 4.79 Å². The number of piperidine rings is 1. The van der Waals surface area contributed by atoms with Gasteiger partial charge in [-0.05, 0) is 54.6 Å². The number of likely N-dealkylation sites (N-methyl/N-ethyl adjacent to an activating group) is 1. The molecule has 2 N–H and O–H groups in total. The molecule has 1 fully saturated rings. The zero-order valence-electron chi connectivity index (χ0n) is 16.5. The fraction of sp³-hybridized carbons (Fsp3) is 0.227. The number of hydrogen-bond acceptors (Lipinski definition) is 6. The van der Waals surface area contributed by atoms with E-state index < -0.39 is 0 Å². The molecule has 1 aliphatic rings. The van der Waals surface area contributed by atoms with Gasteiger partial charge in [-0.25, -0.2) is 0 Å². The average Bonchev–Trinajstić information content (AvgIpc) is 2.66. The van der Waals surface area contributed by atoms with Crippen molar-refractivity contribution < 1.29 is 24.5 Å². The van der Waals surface area contributed by atoms with Crippen molar-refractivity contribution in [2.75, 3.05) is 34.4 Å². The second kappa shape index (κ2) is 9.49. The molecule has 1 aliphatic heterocycles. The van der Waals surface area contributed by atoms with E-state index in [-0.39, 0.29) is 29.7 Å². The highest BCUT2D eigenvalue weighted by Crippen LogP contribution is 2.30. The van der Waals surface area contributed by atoms with Crippen molar-refractivity contribution in [1.29, 1.82) is 0 Å². The molecule has 0 unspecified atom stereocenters. The summed E-state index contributed by atoms with van der Waals surface area (Å²) in [5.74, 6) is 0.767. The Morgan fingerprint density at radius 1 is 0.862 bits per heavy atom. The zero-order valence-corrected chi connectivity index (χ0v) is 17.3. The Labute approximate surface area is 176 Å². The van der Waals surface area contributed by atoms with E-state index in [0.29, 0.717) is 35.7 Å². The number of rotatable bonds is 4. The predicted octanol–water partition coefficient (Wildman–Crippen LogP) is 3.52. The van der Waals surface area contributed by atoms with E-state index in [4.69, 9.17) is 9.47 Å². The van der Waals surface area contributed by atoms with Gasteiger partial charge in [0.05, 0.1) is 14.2 Å². The maximum Gasteiger partial charge on any atom is 0.187 e. The molecule has 1 saturated heterocycles. The van der Waals surface area contributed by atoms with Gasteiger partial charge in [-0.2, -0.15) is 0 Å². The van der Waals surface area contributed by atoms with Gasteiger partial charge in [-0.1, -0.05) is 12.1 Å². The smallest absolute Gasteiger partial charge is 0.187 e. The summed E-state index contributed by atoms with van der Waals surface area (Å²) in [5.41, 5.74) is 2.70. The molecule has 3 rings (SSSR count). The van der Waals surface area contributed by atoms with Crippen molar-refractivity contribution in [1.82, 2.24) is 4.90 Å². The van der Waals surface area contributed by atoms with Crippen LogP contribution in [0.4, 0.5) is 0 Å². The fourth-order valence-corrected chi connectivity index (χ4v) is 3.21. The van der Waals surface area contributed by atoms with Gasteiger partial charge in [-0.15, -0.1) is 12.4 Å². The van der Waals surface area contributed by atoms with E-state index in [0.717, 1.165) is 11.1 Å². The molecule has 2 aromatic carbocycles. The lowest BCUT2D eigenvalue weighted by molar-refractivity contribution is -0.113. The number of carbonyl (C=O) groups is 1. The van der Waals surface area contributed by atoms with Crippen LogP contribution >= 0.6 is 12.4 Å². The van der Waals surface area contributed by atoms with E-state index in [1.807, 2.05) is 11.9 Å². The minimum absolute atomic E-state index is 0. The fourth-order valence-electron chi connectivity index (χ4n) is 3.21. The number of Topliss-reactive ketones (excluding diaryl/α,β-unsaturated/α-hetero) is 1. The number of phenolic OH excluding ortho intramolecular Hbond substituents is 2. The standard InChI is InChI=1S/C22H23NO5.ClH/c1-23-12-16(8-14-4-6-20(27-2)18(24)10-14)22(26)17(13-23)9-15-5-7-21(28-3)19(25)11-15;/h4-11,24-25H,12-13H2,1-3H3;1H. The summed E-state index contributed by atoms with van der Waals surface area (Å²) in [4.78, 5) is 15.0. The van der Waals surface area contributed by atoms with Crippen molar-refractivity contribution in [2.45, 2.75) is 0 Å². The number of nitrogens with zero attached hydrogens (tertiary/aromatic N) is 1. The Balaban J connectivity index is 0.00000300. The van der Waals surface area contributed by atoms with Gasteiger partial charge in [0.15, 0.2) is 28.8 Å². The third-order valence-electron chi connectivity index (χ3n) is 4.55. The van der Waals surface area contributed by atoms with E-state index in [1.54, 1.807) is 48.6 Å². The number of carbonyl (C=O) groups excluding carboxylic acids is 1. The summed E-state index contributed by atoms with van der Waals surface area (Å²) in [5, 5.41) is 19.9. The molecule has 6 nitrogen and oxygen atoms in total. The van der Waals surface area contributed by atoms with E-state index in [2.05, 4.69) is 0 Å². The first-order valence-electron chi connectivity index (χ1n) is 8.79. The van der Waals surface area contributed by atoms with Crippen LogP contribution in [0.5, 0.6) is 23.0 Å². The van der Waals surface area contributed by atoms with Crippen LogP contribution in [0.25, 0.3) is 12.2 Å². The number of halogens is 1. The summed E-state index contributed by atoms with van der Waals surface area (Å²) >= 11 is 0. The van der Waals surface area contributed by atoms with Gasteiger partial charge in [0.1, 0.15) is 0 Å². The molecule has 0 radical (unpaired) electrons. The molecule has 0 aliphatic carbocycles. The molecule has 1 heterocycles. The number of likely N-dealkylation sites (tertiary alicyclic amines) is 1. The highest BCUT2D eigenvalue weighted by molar-refractivity contribution is 6.14. The lowest BCUT2D eigenvalue weighted by atomic mass is 9.94. The van der Waals surface area contributed by atoms with Crippen LogP contribution in [0, 0.1) is 0 Å². The van der Waals surface area contributed by atoms with Crippen molar-refractivity contribution in [3.8, 4) is 23.0 Å². The number of methoxy groups -OCH3 is 2. The molecule has 29 heavy (non-hydrogen) atoms. The third kappa shape index (κ3) is 5.10. The lowest BCUT2D eigenvalue weighted by Crippen LogP contribution is -2.34. The molecular formula is C22H24ClNO5. The number of phenols is 2. The first kappa shape index (κ1) is 22.3. The second-order valence-electron chi connectivity index (χ2n) is 6.70. The van der Waals surface area contributed by atoms with Crippen LogP contribution < -0.4 is 9.47 Å². The van der Waals surface area contributed by atoms with Gasteiger partial charge >= 0.3 is 0 Å². The monoisotopic (exact) mass is 417 g/mol. The second-order valence-corrected chi connectivity index (χ2v) is 6.70. The molecule has 0 bridgehead atoms. The van der Waals surface area contributed by atoms with Crippen LogP contribution in [0.1, 0.15) is 11.1 Å². The number of ether oxygens (including phenoxy) is 2. The van der Waals surface area contributed by atoms with Gasteiger partial charge in [0, 0.05) is 24.2 Å². The van der Waals surface area contributed by atoms with Crippen LogP contribution in [0.2, 0.25) is 0 Å². The van der Waals surface area contributed by atoms with Gasteiger partial charge in [0.25, 0.3) is 0 Å². The Bertz CT molecular complexity index is 892. The molecule has 0 atom stereocenters. The Morgan fingerprint density at radius 2 is 1.28 bits per heavy atom. The minimum Gasteiger partial charge on any atom is -0.504 e. The number of benzene rings is 2. The average molecular weight is 418 g/mol. The SMILES string of the molecule is COc1ccc(C=C2CN(C)CC(=Cc3ccc(OC)c(O)c3)C2=O)cc1O.Cl. The Kier molecular flexibility index (Phi) is 7.31. The van der Waals surface area contributed by atoms with Crippen molar-refractivity contribution in [3.63, 3.8) is 0 Å². The van der Waals surface area contributed by atoms with E-state index in [9.17, 15) is 15.0 Å².